The van der Waals surface area contributed by atoms with Gasteiger partial charge in [-0.05, 0) is 38.0 Å². The van der Waals surface area contributed by atoms with E-state index in [-0.39, 0.29) is 6.42 Å². The molecule has 0 saturated heterocycles. The molecular formula is C14H18N2O2. The first-order valence-electron chi connectivity index (χ1n) is 6.08. The highest BCUT2D eigenvalue weighted by Crippen LogP contribution is 2.17. The van der Waals surface area contributed by atoms with E-state index in [4.69, 9.17) is 10.4 Å². The molecule has 0 aliphatic rings. The van der Waals surface area contributed by atoms with Gasteiger partial charge in [0.2, 0.25) is 0 Å². The minimum absolute atomic E-state index is 0.254. The van der Waals surface area contributed by atoms with E-state index in [1.54, 1.807) is 6.07 Å². The number of hydrogen-bond acceptors (Lipinski definition) is 3. The number of carboxylic acids is 1. The molecule has 1 aromatic carbocycles. The van der Waals surface area contributed by atoms with Crippen LogP contribution in [0.1, 0.15) is 19.4 Å². The Bertz CT molecular complexity index is 430. The fraction of sp³-hybridized carbons (Fsp3) is 0.429. The average Bonchev–Trinajstić information content (AvgIpc) is 2.38. The summed E-state index contributed by atoms with van der Waals surface area (Å²) in [6, 6.07) is 9.52. The molecule has 0 aliphatic heterocycles. The van der Waals surface area contributed by atoms with Crippen molar-refractivity contribution in [2.45, 2.75) is 20.3 Å². The average molecular weight is 246 g/mol. The molecule has 0 saturated carbocycles. The Balaban J connectivity index is 2.77. The zero-order chi connectivity index (χ0) is 13.5. The molecule has 0 heterocycles. The molecule has 0 amide bonds. The summed E-state index contributed by atoms with van der Waals surface area (Å²) in [5.74, 6) is -2.03. The number of nitriles is 1. The Hall–Kier alpha value is -2.02. The van der Waals surface area contributed by atoms with E-state index in [0.717, 1.165) is 24.3 Å². The first-order valence-corrected chi connectivity index (χ1v) is 6.08. The van der Waals surface area contributed by atoms with Crippen molar-refractivity contribution in [3.8, 4) is 6.07 Å². The number of nitrogens with zero attached hydrogens (tertiary/aromatic N) is 2. The zero-order valence-corrected chi connectivity index (χ0v) is 10.8. The predicted octanol–water partition coefficient (Wildman–Crippen LogP) is 2.30. The van der Waals surface area contributed by atoms with Crippen LogP contribution in [0.5, 0.6) is 0 Å². The molecule has 18 heavy (non-hydrogen) atoms. The summed E-state index contributed by atoms with van der Waals surface area (Å²) in [7, 11) is 0. The van der Waals surface area contributed by atoms with Gasteiger partial charge in [0.15, 0.2) is 0 Å². The van der Waals surface area contributed by atoms with Gasteiger partial charge in [-0.2, -0.15) is 5.26 Å². The lowest BCUT2D eigenvalue weighted by atomic mass is 10.0. The topological polar surface area (TPSA) is 64.3 Å². The normalized spacial score (nSPS) is 11.6. The summed E-state index contributed by atoms with van der Waals surface area (Å²) < 4.78 is 0. The second kappa shape index (κ2) is 6.65. The van der Waals surface area contributed by atoms with Gasteiger partial charge in [-0.15, -0.1) is 0 Å². The van der Waals surface area contributed by atoms with Gasteiger partial charge < -0.3 is 10.0 Å². The number of benzene rings is 1. The van der Waals surface area contributed by atoms with Gasteiger partial charge in [-0.1, -0.05) is 12.1 Å². The van der Waals surface area contributed by atoms with Gasteiger partial charge in [-0.3, -0.25) is 4.79 Å². The molecule has 0 radical (unpaired) electrons. The molecule has 4 heteroatoms. The van der Waals surface area contributed by atoms with Crippen LogP contribution in [0.25, 0.3) is 0 Å². The van der Waals surface area contributed by atoms with E-state index < -0.39 is 11.9 Å². The highest BCUT2D eigenvalue weighted by molar-refractivity contribution is 5.73. The van der Waals surface area contributed by atoms with E-state index in [2.05, 4.69) is 18.7 Å². The van der Waals surface area contributed by atoms with Crippen molar-refractivity contribution in [2.24, 2.45) is 5.92 Å². The van der Waals surface area contributed by atoms with Crippen molar-refractivity contribution in [3.63, 3.8) is 0 Å². The lowest BCUT2D eigenvalue weighted by Gasteiger charge is -2.21. The van der Waals surface area contributed by atoms with E-state index in [1.807, 2.05) is 24.3 Å². The molecule has 1 rings (SSSR count). The molecule has 1 atom stereocenters. The molecule has 4 nitrogen and oxygen atoms in total. The van der Waals surface area contributed by atoms with Crippen LogP contribution in [-0.4, -0.2) is 24.2 Å². The van der Waals surface area contributed by atoms with Crippen molar-refractivity contribution in [1.29, 1.82) is 5.26 Å². The maximum atomic E-state index is 10.8. The number of hydrogen-bond donors (Lipinski definition) is 1. The Morgan fingerprint density at radius 2 is 1.89 bits per heavy atom. The molecule has 0 bridgehead atoms. The molecular weight excluding hydrogens is 228 g/mol. The van der Waals surface area contributed by atoms with Crippen LogP contribution in [0.15, 0.2) is 24.3 Å². The summed E-state index contributed by atoms with van der Waals surface area (Å²) >= 11 is 0. The van der Waals surface area contributed by atoms with E-state index in [0.29, 0.717) is 0 Å². The third-order valence-corrected chi connectivity index (χ3v) is 2.96. The van der Waals surface area contributed by atoms with Crippen LogP contribution in [0.4, 0.5) is 5.69 Å². The summed E-state index contributed by atoms with van der Waals surface area (Å²) in [6.45, 7) is 6.05. The fourth-order valence-electron chi connectivity index (χ4n) is 1.86. The fourth-order valence-corrected chi connectivity index (χ4v) is 1.86. The quantitative estimate of drug-likeness (QED) is 0.836. The molecule has 1 unspecified atom stereocenters. The summed E-state index contributed by atoms with van der Waals surface area (Å²) in [5.41, 5.74) is 1.99. The van der Waals surface area contributed by atoms with Gasteiger partial charge in [0.1, 0.15) is 5.92 Å². The number of anilines is 1. The SMILES string of the molecule is CCN(CC)c1ccc(CC(C#N)C(=O)O)cc1. The number of rotatable bonds is 6. The van der Waals surface area contributed by atoms with Crippen molar-refractivity contribution in [3.05, 3.63) is 29.8 Å². The number of carboxylic acid groups (broad SMARTS) is 1. The van der Waals surface area contributed by atoms with Crippen LogP contribution in [0.3, 0.4) is 0 Å². The van der Waals surface area contributed by atoms with Gasteiger partial charge >= 0.3 is 5.97 Å². The van der Waals surface area contributed by atoms with Gasteiger partial charge in [0, 0.05) is 18.8 Å². The summed E-state index contributed by atoms with van der Waals surface area (Å²) in [4.78, 5) is 13.0. The van der Waals surface area contributed by atoms with Crippen molar-refractivity contribution >= 4 is 11.7 Å². The summed E-state index contributed by atoms with van der Waals surface area (Å²) in [5, 5.41) is 17.6. The standard InChI is InChI=1S/C14H18N2O2/c1-3-16(4-2)13-7-5-11(6-8-13)9-12(10-15)14(17)18/h5-8,12H,3-4,9H2,1-2H3,(H,17,18). The van der Waals surface area contributed by atoms with E-state index in [1.165, 1.54) is 0 Å². The third kappa shape index (κ3) is 3.49. The maximum absolute atomic E-state index is 10.8. The molecule has 0 fully saturated rings. The molecule has 1 aromatic rings. The number of aliphatic carboxylic acids is 1. The van der Waals surface area contributed by atoms with Crippen molar-refractivity contribution < 1.29 is 9.90 Å². The molecule has 96 valence electrons. The Kier molecular flexibility index (Phi) is 5.19. The van der Waals surface area contributed by atoms with Crippen LogP contribution in [0.2, 0.25) is 0 Å². The van der Waals surface area contributed by atoms with Crippen LogP contribution in [-0.2, 0) is 11.2 Å². The van der Waals surface area contributed by atoms with Crippen molar-refractivity contribution in [1.82, 2.24) is 0 Å². The summed E-state index contributed by atoms with van der Waals surface area (Å²) in [6.07, 6.45) is 0.254. The van der Waals surface area contributed by atoms with Crippen LogP contribution in [0, 0.1) is 17.2 Å². The lowest BCUT2D eigenvalue weighted by molar-refractivity contribution is -0.139. The van der Waals surface area contributed by atoms with E-state index >= 15 is 0 Å². The van der Waals surface area contributed by atoms with Crippen LogP contribution < -0.4 is 4.90 Å². The second-order valence-electron chi connectivity index (χ2n) is 4.06. The van der Waals surface area contributed by atoms with E-state index in [9.17, 15) is 4.79 Å². The highest BCUT2D eigenvalue weighted by atomic mass is 16.4. The molecule has 0 aromatic heterocycles. The van der Waals surface area contributed by atoms with Crippen LogP contribution >= 0.6 is 0 Å². The zero-order valence-electron chi connectivity index (χ0n) is 10.8. The first-order chi connectivity index (χ1) is 8.62. The Morgan fingerprint density at radius 1 is 1.33 bits per heavy atom. The Labute approximate surface area is 107 Å². The smallest absolute Gasteiger partial charge is 0.321 e. The third-order valence-electron chi connectivity index (χ3n) is 2.96. The largest absolute Gasteiger partial charge is 0.480 e. The monoisotopic (exact) mass is 246 g/mol. The first kappa shape index (κ1) is 14.0. The number of carbonyl (C=O) groups is 1. The lowest BCUT2D eigenvalue weighted by Crippen LogP contribution is -2.21. The molecule has 0 spiro atoms. The van der Waals surface area contributed by atoms with Gasteiger partial charge in [0.25, 0.3) is 0 Å². The van der Waals surface area contributed by atoms with Gasteiger partial charge in [0.05, 0.1) is 6.07 Å². The van der Waals surface area contributed by atoms with Gasteiger partial charge in [-0.25, -0.2) is 0 Å². The minimum atomic E-state index is -1.06. The Morgan fingerprint density at radius 3 is 2.28 bits per heavy atom. The second-order valence-corrected chi connectivity index (χ2v) is 4.06. The molecule has 0 aliphatic carbocycles. The maximum Gasteiger partial charge on any atom is 0.321 e. The minimum Gasteiger partial charge on any atom is -0.480 e. The highest BCUT2D eigenvalue weighted by Gasteiger charge is 2.16. The molecule has 1 N–H and O–H groups in total. The van der Waals surface area contributed by atoms with Crippen molar-refractivity contribution in [2.75, 3.05) is 18.0 Å². The predicted molar refractivity (Wildman–Crippen MR) is 70.4 cm³/mol.